The lowest BCUT2D eigenvalue weighted by atomic mass is 9.73. The van der Waals surface area contributed by atoms with Gasteiger partial charge in [-0.05, 0) is 50.4 Å². The van der Waals surface area contributed by atoms with Crippen molar-refractivity contribution in [1.82, 2.24) is 15.1 Å². The third-order valence-electron chi connectivity index (χ3n) is 7.79. The van der Waals surface area contributed by atoms with Gasteiger partial charge in [0, 0.05) is 26.7 Å². The van der Waals surface area contributed by atoms with Crippen LogP contribution < -0.4 is 5.32 Å². The number of amides is 2. The molecular formula is C23H35F6N3O2. The summed E-state index contributed by atoms with van der Waals surface area (Å²) in [5.41, 5.74) is 0. The summed E-state index contributed by atoms with van der Waals surface area (Å²) >= 11 is 0. The minimum absolute atomic E-state index is 0.0912. The number of likely N-dealkylation sites (N-methyl/N-ethyl adjacent to an activating group) is 1. The normalized spacial score (nSPS) is 28.9. The number of nitrogens with zero attached hydrogens (tertiary/aromatic N) is 2. The molecule has 1 saturated heterocycles. The molecule has 0 aromatic carbocycles. The molecule has 0 radical (unpaired) electrons. The fourth-order valence-electron chi connectivity index (χ4n) is 5.92. The van der Waals surface area contributed by atoms with Crippen LogP contribution in [0.2, 0.25) is 0 Å². The minimum atomic E-state index is -4.66. The van der Waals surface area contributed by atoms with E-state index in [1.807, 2.05) is 4.90 Å². The van der Waals surface area contributed by atoms with E-state index < -0.39 is 42.6 Å². The monoisotopic (exact) mass is 499 g/mol. The highest BCUT2D eigenvalue weighted by Gasteiger charge is 2.51. The van der Waals surface area contributed by atoms with Crippen LogP contribution in [0.3, 0.4) is 0 Å². The number of hydrogen-bond acceptors (Lipinski definition) is 3. The van der Waals surface area contributed by atoms with E-state index in [2.05, 4.69) is 5.32 Å². The second-order valence-corrected chi connectivity index (χ2v) is 10.3. The third-order valence-corrected chi connectivity index (χ3v) is 7.79. The summed E-state index contributed by atoms with van der Waals surface area (Å²) in [4.78, 5) is 28.7. The van der Waals surface area contributed by atoms with Crippen molar-refractivity contribution in [3.05, 3.63) is 0 Å². The molecule has 2 saturated carbocycles. The van der Waals surface area contributed by atoms with Gasteiger partial charge in [-0.1, -0.05) is 19.3 Å². The van der Waals surface area contributed by atoms with Crippen LogP contribution in [-0.4, -0.2) is 73.2 Å². The first-order chi connectivity index (χ1) is 15.9. The molecule has 3 unspecified atom stereocenters. The van der Waals surface area contributed by atoms with E-state index in [1.54, 1.807) is 7.05 Å². The summed E-state index contributed by atoms with van der Waals surface area (Å²) in [5.74, 6) is -4.95. The second-order valence-electron chi connectivity index (χ2n) is 10.3. The van der Waals surface area contributed by atoms with Crippen LogP contribution >= 0.6 is 0 Å². The Hall–Kier alpha value is -1.52. The first-order valence-electron chi connectivity index (χ1n) is 12.3. The Morgan fingerprint density at radius 2 is 1.62 bits per heavy atom. The fourth-order valence-corrected chi connectivity index (χ4v) is 5.92. The third kappa shape index (κ3) is 7.01. The van der Waals surface area contributed by atoms with Gasteiger partial charge in [0.2, 0.25) is 11.8 Å². The van der Waals surface area contributed by atoms with Crippen molar-refractivity contribution in [1.29, 1.82) is 0 Å². The fraction of sp³-hybridized carbons (Fsp3) is 0.913. The van der Waals surface area contributed by atoms with Crippen molar-refractivity contribution >= 4 is 11.8 Å². The molecule has 2 aliphatic carbocycles. The largest absolute Gasteiger partial charge is 0.391 e. The number of carbonyl (C=O) groups is 2. The Bertz CT molecular complexity index is 686. The maximum absolute atomic E-state index is 13.5. The van der Waals surface area contributed by atoms with Gasteiger partial charge in [0.25, 0.3) is 0 Å². The molecular weight excluding hydrogens is 464 g/mol. The summed E-state index contributed by atoms with van der Waals surface area (Å²) in [5, 5.41) is 2.75. The molecule has 0 spiro atoms. The molecule has 0 aromatic heterocycles. The molecule has 3 aliphatic rings. The van der Waals surface area contributed by atoms with Gasteiger partial charge in [0.15, 0.2) is 0 Å². The zero-order valence-corrected chi connectivity index (χ0v) is 19.6. The van der Waals surface area contributed by atoms with Gasteiger partial charge in [0.1, 0.15) is 0 Å². The van der Waals surface area contributed by atoms with Gasteiger partial charge < -0.3 is 10.2 Å². The van der Waals surface area contributed by atoms with Gasteiger partial charge in [-0.2, -0.15) is 26.3 Å². The lowest BCUT2D eigenvalue weighted by Crippen LogP contribution is -2.58. The Morgan fingerprint density at radius 1 is 1.03 bits per heavy atom. The highest BCUT2D eigenvalue weighted by Crippen LogP contribution is 2.48. The van der Waals surface area contributed by atoms with E-state index in [-0.39, 0.29) is 50.1 Å². The number of carbonyl (C=O) groups excluding carboxylic acids is 2. The van der Waals surface area contributed by atoms with Crippen LogP contribution in [0.4, 0.5) is 26.3 Å². The van der Waals surface area contributed by atoms with Crippen LogP contribution in [-0.2, 0) is 9.59 Å². The van der Waals surface area contributed by atoms with Crippen molar-refractivity contribution in [2.24, 2.45) is 23.7 Å². The zero-order chi connectivity index (χ0) is 25.1. The Balaban J connectivity index is 1.66. The van der Waals surface area contributed by atoms with E-state index in [9.17, 15) is 35.9 Å². The van der Waals surface area contributed by atoms with Crippen molar-refractivity contribution in [2.75, 3.05) is 33.2 Å². The predicted molar refractivity (Wildman–Crippen MR) is 114 cm³/mol. The average Bonchev–Trinajstić information content (AvgIpc) is 2.77. The van der Waals surface area contributed by atoms with Gasteiger partial charge >= 0.3 is 12.4 Å². The quantitative estimate of drug-likeness (QED) is 0.553. The van der Waals surface area contributed by atoms with Gasteiger partial charge in [-0.15, -0.1) is 0 Å². The summed E-state index contributed by atoms with van der Waals surface area (Å²) < 4.78 is 79.7. The van der Waals surface area contributed by atoms with Gasteiger partial charge in [-0.3, -0.25) is 14.5 Å². The molecule has 3 atom stereocenters. The molecule has 11 heteroatoms. The summed E-state index contributed by atoms with van der Waals surface area (Å²) in [6, 6.07) is -0.492. The summed E-state index contributed by atoms with van der Waals surface area (Å²) in [7, 11) is 1.56. The summed E-state index contributed by atoms with van der Waals surface area (Å²) in [6.07, 6.45) is -6.00. The van der Waals surface area contributed by atoms with Crippen molar-refractivity contribution in [3.63, 3.8) is 0 Å². The Labute approximate surface area is 196 Å². The highest BCUT2D eigenvalue weighted by molar-refractivity contribution is 5.84. The molecule has 3 rings (SSSR count). The number of alkyl halides is 6. The zero-order valence-electron chi connectivity index (χ0n) is 19.6. The second kappa shape index (κ2) is 11.0. The van der Waals surface area contributed by atoms with Crippen LogP contribution in [0.25, 0.3) is 0 Å². The SMILES string of the molecule is CN(CCC1CC(C(F)(F)F)CC(C(F)(F)F)C1)C(=O)C(C1CCCCC1)N1CCNC(=O)C1. The molecule has 2 amide bonds. The molecule has 196 valence electrons. The van der Waals surface area contributed by atoms with Crippen molar-refractivity contribution in [2.45, 2.75) is 76.2 Å². The van der Waals surface area contributed by atoms with Crippen molar-refractivity contribution in [3.8, 4) is 0 Å². The van der Waals surface area contributed by atoms with E-state index in [0.29, 0.717) is 13.1 Å². The number of rotatable bonds is 6. The average molecular weight is 500 g/mol. The summed E-state index contributed by atoms with van der Waals surface area (Å²) in [6.45, 7) is 1.19. The van der Waals surface area contributed by atoms with Gasteiger partial charge in [-0.25, -0.2) is 0 Å². The number of hydrogen-bond donors (Lipinski definition) is 1. The topological polar surface area (TPSA) is 52.7 Å². The number of halogens is 6. The lowest BCUT2D eigenvalue weighted by Gasteiger charge is -2.41. The minimum Gasteiger partial charge on any atom is -0.354 e. The maximum Gasteiger partial charge on any atom is 0.391 e. The molecule has 34 heavy (non-hydrogen) atoms. The first-order valence-corrected chi connectivity index (χ1v) is 12.3. The Kier molecular flexibility index (Phi) is 8.79. The van der Waals surface area contributed by atoms with E-state index in [1.165, 1.54) is 4.90 Å². The molecule has 5 nitrogen and oxygen atoms in total. The van der Waals surface area contributed by atoms with Crippen LogP contribution in [0.1, 0.15) is 57.8 Å². The molecule has 0 aromatic rings. The number of piperazine rings is 1. The van der Waals surface area contributed by atoms with E-state index in [0.717, 1.165) is 32.1 Å². The standard InChI is InChI=1S/C23H35F6N3O2/c1-31(9-7-15-11-17(22(24,25)26)13-18(12-15)23(27,28)29)21(34)20(16-5-3-2-4-6-16)32-10-8-30-19(33)14-32/h15-18,20H,2-14H2,1H3,(H,30,33). The predicted octanol–water partition coefficient (Wildman–Crippen LogP) is 4.37. The molecule has 0 bridgehead atoms. The molecule has 1 aliphatic heterocycles. The van der Waals surface area contributed by atoms with Crippen LogP contribution in [0, 0.1) is 23.7 Å². The van der Waals surface area contributed by atoms with Gasteiger partial charge in [0.05, 0.1) is 24.4 Å². The van der Waals surface area contributed by atoms with E-state index in [4.69, 9.17) is 0 Å². The van der Waals surface area contributed by atoms with Crippen LogP contribution in [0.5, 0.6) is 0 Å². The van der Waals surface area contributed by atoms with Crippen LogP contribution in [0.15, 0.2) is 0 Å². The smallest absolute Gasteiger partial charge is 0.354 e. The maximum atomic E-state index is 13.5. The molecule has 1 N–H and O–H groups in total. The van der Waals surface area contributed by atoms with E-state index >= 15 is 0 Å². The lowest BCUT2D eigenvalue weighted by molar-refractivity contribution is -0.229. The Morgan fingerprint density at radius 3 is 2.15 bits per heavy atom. The first kappa shape index (κ1) is 27.1. The highest BCUT2D eigenvalue weighted by atomic mass is 19.4. The molecule has 3 fully saturated rings. The molecule has 1 heterocycles. The number of nitrogens with one attached hydrogen (secondary N) is 1. The van der Waals surface area contributed by atoms with Crippen molar-refractivity contribution < 1.29 is 35.9 Å².